The Balaban J connectivity index is 1.97. The van der Waals surface area contributed by atoms with Gasteiger partial charge in [-0.2, -0.15) is 0 Å². The monoisotopic (exact) mass is 236 g/mol. The Hall–Kier alpha value is -1.29. The molecule has 4 heteroatoms. The zero-order valence-electron chi connectivity index (χ0n) is 10.4. The van der Waals surface area contributed by atoms with Crippen LogP contribution in [0.2, 0.25) is 0 Å². The highest BCUT2D eigenvalue weighted by Gasteiger charge is 2.34. The second kappa shape index (κ2) is 4.53. The summed E-state index contributed by atoms with van der Waals surface area (Å²) in [6.07, 6.45) is 4.53. The minimum atomic E-state index is -0.662. The molecule has 1 saturated carbocycles. The molecule has 17 heavy (non-hydrogen) atoms. The van der Waals surface area contributed by atoms with E-state index >= 15 is 0 Å². The lowest BCUT2D eigenvalue weighted by molar-refractivity contribution is -0.0301. The van der Waals surface area contributed by atoms with Crippen molar-refractivity contribution in [1.29, 1.82) is 0 Å². The lowest BCUT2D eigenvalue weighted by Gasteiger charge is -2.36. The Bertz CT molecular complexity index is 405. The van der Waals surface area contributed by atoms with Crippen LogP contribution < -0.4 is 5.32 Å². The number of aliphatic hydroxyl groups is 1. The highest BCUT2D eigenvalue weighted by atomic mass is 16.3. The number of hydrogen-bond acceptors (Lipinski definition) is 2. The summed E-state index contributed by atoms with van der Waals surface area (Å²) in [5.74, 6) is -0.107. The molecule has 0 unspecified atom stereocenters. The summed E-state index contributed by atoms with van der Waals surface area (Å²) in [5.41, 5.74) is -0.00631. The molecule has 0 saturated heterocycles. The molecule has 1 fully saturated rings. The minimum Gasteiger partial charge on any atom is -0.388 e. The largest absolute Gasteiger partial charge is 0.388 e. The van der Waals surface area contributed by atoms with Crippen molar-refractivity contribution >= 4 is 5.91 Å². The van der Waals surface area contributed by atoms with Crippen molar-refractivity contribution in [3.05, 3.63) is 24.0 Å². The van der Waals surface area contributed by atoms with Gasteiger partial charge in [0.2, 0.25) is 0 Å². The van der Waals surface area contributed by atoms with Gasteiger partial charge < -0.3 is 15.0 Å². The number of nitrogens with zero attached hydrogens (tertiary/aromatic N) is 1. The number of aromatic nitrogens is 1. The standard InChI is InChI=1S/C13H20N2O2/c1-10(2)15-8-3-5-11(15)12(16)14-9-13(17)6-4-7-13/h3,5,8,10,17H,4,6-7,9H2,1-2H3,(H,14,16). The highest BCUT2D eigenvalue weighted by molar-refractivity contribution is 5.92. The van der Waals surface area contributed by atoms with Gasteiger partial charge in [-0.15, -0.1) is 0 Å². The molecule has 2 N–H and O–H groups in total. The summed E-state index contributed by atoms with van der Waals surface area (Å²) in [6.45, 7) is 4.43. The van der Waals surface area contributed by atoms with Crippen LogP contribution in [0.4, 0.5) is 0 Å². The minimum absolute atomic E-state index is 0.107. The molecule has 1 amide bonds. The second-order valence-corrected chi connectivity index (χ2v) is 5.16. The number of amides is 1. The van der Waals surface area contributed by atoms with Crippen molar-refractivity contribution in [3.63, 3.8) is 0 Å². The van der Waals surface area contributed by atoms with E-state index in [1.165, 1.54) is 0 Å². The summed E-state index contributed by atoms with van der Waals surface area (Å²) < 4.78 is 1.93. The SMILES string of the molecule is CC(C)n1cccc1C(=O)NCC1(O)CCC1. The maximum Gasteiger partial charge on any atom is 0.268 e. The number of rotatable bonds is 4. The van der Waals surface area contributed by atoms with E-state index in [1.807, 2.05) is 30.7 Å². The van der Waals surface area contributed by atoms with Crippen LogP contribution in [0.15, 0.2) is 18.3 Å². The first kappa shape index (κ1) is 12.2. The molecule has 1 aliphatic rings. The maximum atomic E-state index is 12.0. The quantitative estimate of drug-likeness (QED) is 0.836. The van der Waals surface area contributed by atoms with E-state index in [9.17, 15) is 9.90 Å². The third-order valence-electron chi connectivity index (χ3n) is 3.43. The van der Waals surface area contributed by atoms with Crippen LogP contribution in [-0.4, -0.2) is 27.7 Å². The van der Waals surface area contributed by atoms with E-state index in [2.05, 4.69) is 5.32 Å². The molecular weight excluding hydrogens is 216 g/mol. The third kappa shape index (κ3) is 2.52. The molecule has 1 aromatic rings. The molecule has 94 valence electrons. The Morgan fingerprint density at radius 2 is 2.29 bits per heavy atom. The molecule has 0 radical (unpaired) electrons. The third-order valence-corrected chi connectivity index (χ3v) is 3.43. The maximum absolute atomic E-state index is 12.0. The van der Waals surface area contributed by atoms with Crippen molar-refractivity contribution in [3.8, 4) is 0 Å². The van der Waals surface area contributed by atoms with Crippen molar-refractivity contribution in [2.75, 3.05) is 6.54 Å². The average Bonchev–Trinajstić information content (AvgIpc) is 2.72. The molecule has 1 aliphatic carbocycles. The molecule has 0 aliphatic heterocycles. The van der Waals surface area contributed by atoms with Crippen molar-refractivity contribution in [2.24, 2.45) is 0 Å². The summed E-state index contributed by atoms with van der Waals surface area (Å²) in [6, 6.07) is 3.94. The van der Waals surface area contributed by atoms with Crippen LogP contribution in [0.3, 0.4) is 0 Å². The van der Waals surface area contributed by atoms with Gasteiger partial charge in [-0.1, -0.05) is 0 Å². The first-order chi connectivity index (χ1) is 8.02. The number of carbonyl (C=O) groups excluding carboxylic acids is 1. The summed E-state index contributed by atoms with van der Waals surface area (Å²) >= 11 is 0. The van der Waals surface area contributed by atoms with Crippen LogP contribution in [-0.2, 0) is 0 Å². The van der Waals surface area contributed by atoms with E-state index in [4.69, 9.17) is 0 Å². The fourth-order valence-corrected chi connectivity index (χ4v) is 2.13. The number of nitrogens with one attached hydrogen (secondary N) is 1. The van der Waals surface area contributed by atoms with Crippen LogP contribution in [0.5, 0.6) is 0 Å². The van der Waals surface area contributed by atoms with Crippen molar-refractivity contribution in [1.82, 2.24) is 9.88 Å². The van der Waals surface area contributed by atoms with Crippen LogP contribution in [0, 0.1) is 0 Å². The van der Waals surface area contributed by atoms with E-state index in [0.717, 1.165) is 19.3 Å². The lowest BCUT2D eigenvalue weighted by Crippen LogP contribution is -2.48. The molecule has 1 heterocycles. The fraction of sp³-hybridized carbons (Fsp3) is 0.615. The first-order valence-electron chi connectivity index (χ1n) is 6.19. The van der Waals surface area contributed by atoms with Crippen LogP contribution in [0.25, 0.3) is 0 Å². The lowest BCUT2D eigenvalue weighted by atomic mass is 9.80. The smallest absolute Gasteiger partial charge is 0.268 e. The van der Waals surface area contributed by atoms with E-state index in [0.29, 0.717) is 12.2 Å². The van der Waals surface area contributed by atoms with Gasteiger partial charge in [0, 0.05) is 18.8 Å². The summed E-state index contributed by atoms with van der Waals surface area (Å²) in [7, 11) is 0. The first-order valence-corrected chi connectivity index (χ1v) is 6.19. The zero-order valence-corrected chi connectivity index (χ0v) is 10.4. The molecule has 2 rings (SSSR count). The van der Waals surface area contributed by atoms with Gasteiger partial charge >= 0.3 is 0 Å². The fourth-order valence-electron chi connectivity index (χ4n) is 2.13. The molecular formula is C13H20N2O2. The van der Waals surface area contributed by atoms with E-state index < -0.39 is 5.60 Å². The summed E-state index contributed by atoms with van der Waals surface area (Å²) in [5, 5.41) is 12.7. The Morgan fingerprint density at radius 3 is 2.82 bits per heavy atom. The Labute approximate surface area is 102 Å². The van der Waals surface area contributed by atoms with E-state index in [1.54, 1.807) is 6.07 Å². The average molecular weight is 236 g/mol. The topological polar surface area (TPSA) is 54.3 Å². The predicted molar refractivity (Wildman–Crippen MR) is 66.0 cm³/mol. The number of carbonyl (C=O) groups is 1. The van der Waals surface area contributed by atoms with E-state index in [-0.39, 0.29) is 11.9 Å². The van der Waals surface area contributed by atoms with Crippen molar-refractivity contribution in [2.45, 2.75) is 44.8 Å². The highest BCUT2D eigenvalue weighted by Crippen LogP contribution is 2.30. The summed E-state index contributed by atoms with van der Waals surface area (Å²) in [4.78, 5) is 12.0. The molecule has 4 nitrogen and oxygen atoms in total. The Kier molecular flexibility index (Phi) is 3.24. The molecule has 0 bridgehead atoms. The van der Waals surface area contributed by atoms with Gasteiger partial charge in [0.1, 0.15) is 5.69 Å². The van der Waals surface area contributed by atoms with Gasteiger partial charge in [0.05, 0.1) is 5.60 Å². The second-order valence-electron chi connectivity index (χ2n) is 5.16. The normalized spacial score (nSPS) is 17.9. The van der Waals surface area contributed by atoms with Gasteiger partial charge in [-0.3, -0.25) is 4.79 Å². The van der Waals surface area contributed by atoms with Crippen molar-refractivity contribution < 1.29 is 9.90 Å². The van der Waals surface area contributed by atoms with Gasteiger partial charge in [-0.05, 0) is 45.2 Å². The van der Waals surface area contributed by atoms with Gasteiger partial charge in [0.25, 0.3) is 5.91 Å². The molecule has 0 aromatic carbocycles. The van der Waals surface area contributed by atoms with Gasteiger partial charge in [0.15, 0.2) is 0 Å². The number of hydrogen-bond donors (Lipinski definition) is 2. The molecule has 0 spiro atoms. The van der Waals surface area contributed by atoms with Crippen LogP contribution in [0.1, 0.15) is 49.6 Å². The Morgan fingerprint density at radius 1 is 1.59 bits per heavy atom. The molecule has 1 aromatic heterocycles. The van der Waals surface area contributed by atoms with Gasteiger partial charge in [-0.25, -0.2) is 0 Å². The predicted octanol–water partition coefficient (Wildman–Crippen LogP) is 1.71. The zero-order chi connectivity index (χ0) is 12.5. The van der Waals surface area contributed by atoms with Crippen LogP contribution >= 0.6 is 0 Å². The molecule has 0 atom stereocenters.